The molecule has 12 heteroatoms. The number of amides is 2. The van der Waals surface area contributed by atoms with Crippen molar-refractivity contribution in [3.05, 3.63) is 24.0 Å². The lowest BCUT2D eigenvalue weighted by Crippen LogP contribution is -2.36. The van der Waals surface area contributed by atoms with Gasteiger partial charge in [-0.05, 0) is 30.7 Å². The van der Waals surface area contributed by atoms with Crippen LogP contribution in [0.1, 0.15) is 18.4 Å². The van der Waals surface area contributed by atoms with E-state index in [1.54, 1.807) is 13.3 Å². The van der Waals surface area contributed by atoms with E-state index in [0.29, 0.717) is 54.9 Å². The number of aromatic amines is 1. The van der Waals surface area contributed by atoms with Gasteiger partial charge in [0.05, 0.1) is 17.9 Å². The molecule has 2 amide bonds. The molecule has 2 aliphatic rings. The molecule has 0 unspecified atom stereocenters. The Labute approximate surface area is 200 Å². The first-order valence-corrected chi connectivity index (χ1v) is 11.9. The zero-order valence-corrected chi connectivity index (χ0v) is 19.8. The van der Waals surface area contributed by atoms with Crippen LogP contribution in [0, 0.1) is 23.2 Å². The van der Waals surface area contributed by atoms with E-state index < -0.39 is 0 Å². The van der Waals surface area contributed by atoms with Crippen molar-refractivity contribution < 1.29 is 14.3 Å². The van der Waals surface area contributed by atoms with Crippen LogP contribution in [-0.4, -0.2) is 76.8 Å². The third kappa shape index (κ3) is 4.24. The highest BCUT2D eigenvalue weighted by Crippen LogP contribution is 2.42. The van der Waals surface area contributed by atoms with Gasteiger partial charge in [-0.25, -0.2) is 9.78 Å². The van der Waals surface area contributed by atoms with Gasteiger partial charge in [-0.2, -0.15) is 10.2 Å². The predicted octanol–water partition coefficient (Wildman–Crippen LogP) is 2.69. The molecule has 0 radical (unpaired) electrons. The second kappa shape index (κ2) is 9.44. The van der Waals surface area contributed by atoms with Gasteiger partial charge in [-0.3, -0.25) is 5.32 Å². The van der Waals surface area contributed by atoms with Gasteiger partial charge in [-0.1, -0.05) is 0 Å². The molecule has 34 heavy (non-hydrogen) atoms. The van der Waals surface area contributed by atoms with Crippen molar-refractivity contribution in [2.45, 2.75) is 18.9 Å². The number of urea groups is 1. The van der Waals surface area contributed by atoms with Crippen LogP contribution in [0.15, 0.2) is 18.5 Å². The van der Waals surface area contributed by atoms with Crippen molar-refractivity contribution >= 4 is 39.4 Å². The Bertz CT molecular complexity index is 1210. The second-order valence-corrected chi connectivity index (χ2v) is 9.44. The van der Waals surface area contributed by atoms with Crippen LogP contribution in [0.5, 0.6) is 6.01 Å². The van der Waals surface area contributed by atoms with Gasteiger partial charge >= 0.3 is 12.0 Å². The lowest BCUT2D eigenvalue weighted by Gasteiger charge is -2.29. The second-order valence-electron chi connectivity index (χ2n) is 8.69. The van der Waals surface area contributed by atoms with Crippen LogP contribution >= 0.6 is 11.5 Å². The van der Waals surface area contributed by atoms with Crippen LogP contribution in [0.25, 0.3) is 11.0 Å². The molecular weight excluding hydrogens is 456 g/mol. The zero-order valence-electron chi connectivity index (χ0n) is 19.0. The molecule has 3 atom stereocenters. The Balaban J connectivity index is 1.19. The summed E-state index contributed by atoms with van der Waals surface area (Å²) in [6, 6.07) is 4.65. The van der Waals surface area contributed by atoms with E-state index in [0.717, 1.165) is 41.1 Å². The number of anilines is 2. The first kappa shape index (κ1) is 22.4. The van der Waals surface area contributed by atoms with Crippen LogP contribution in [0.3, 0.4) is 0 Å². The Morgan fingerprint density at radius 1 is 1.38 bits per heavy atom. The summed E-state index contributed by atoms with van der Waals surface area (Å²) in [6.07, 6.45) is 5.43. The third-order valence-electron chi connectivity index (χ3n) is 6.73. The molecule has 178 valence electrons. The van der Waals surface area contributed by atoms with Crippen LogP contribution in [0.4, 0.5) is 15.6 Å². The van der Waals surface area contributed by atoms with E-state index in [1.807, 2.05) is 17.2 Å². The zero-order chi connectivity index (χ0) is 23.7. The van der Waals surface area contributed by atoms with Gasteiger partial charge < -0.3 is 24.3 Å². The minimum atomic E-state index is -0.158. The average Bonchev–Trinajstić information content (AvgIpc) is 3.61. The number of pyridine rings is 1. The third-order valence-corrected chi connectivity index (χ3v) is 7.35. The maximum absolute atomic E-state index is 12.8. The molecule has 2 fully saturated rings. The topological polar surface area (TPSA) is 132 Å². The van der Waals surface area contributed by atoms with Crippen LogP contribution in [0.2, 0.25) is 0 Å². The van der Waals surface area contributed by atoms with Gasteiger partial charge in [-0.15, -0.1) is 4.37 Å². The lowest BCUT2D eigenvalue weighted by atomic mass is 10.0. The number of likely N-dealkylation sites (tertiary alicyclic amines) is 1. The quantitative estimate of drug-likeness (QED) is 0.491. The van der Waals surface area contributed by atoms with Gasteiger partial charge in [0.25, 0.3) is 0 Å². The number of nitrogens with zero attached hydrogens (tertiary/aromatic N) is 6. The molecular formula is C22H26N8O3S. The molecule has 0 bridgehead atoms. The molecule has 0 spiro atoms. The number of carbonyl (C=O) groups excluding carboxylic acids is 1. The molecule has 1 saturated heterocycles. The molecule has 3 aromatic rings. The Kier molecular flexibility index (Phi) is 6.21. The molecule has 1 aliphatic carbocycles. The van der Waals surface area contributed by atoms with Crippen molar-refractivity contribution in [2.75, 3.05) is 50.7 Å². The molecule has 11 nitrogen and oxygen atoms in total. The molecule has 3 aromatic heterocycles. The number of aromatic nitrogens is 4. The Hall–Kier alpha value is -3.43. The molecule has 0 aromatic carbocycles. The number of fused-ring (bicyclic) bond motifs is 2. The van der Waals surface area contributed by atoms with Crippen LogP contribution < -0.4 is 15.0 Å². The fourth-order valence-corrected chi connectivity index (χ4v) is 5.60. The number of rotatable bonds is 7. The highest BCUT2D eigenvalue weighted by Gasteiger charge is 2.44. The maximum atomic E-state index is 12.8. The lowest BCUT2D eigenvalue weighted by molar-refractivity contribution is 0.141. The van der Waals surface area contributed by atoms with Crippen molar-refractivity contribution in [2.24, 2.45) is 11.8 Å². The van der Waals surface area contributed by atoms with E-state index in [-0.39, 0.29) is 12.0 Å². The van der Waals surface area contributed by atoms with E-state index in [1.165, 1.54) is 0 Å². The minimum Gasteiger partial charge on any atom is -0.460 e. The summed E-state index contributed by atoms with van der Waals surface area (Å²) < 4.78 is 14.4. The number of carbonyl (C=O) groups is 1. The minimum absolute atomic E-state index is 0.158. The van der Waals surface area contributed by atoms with E-state index >= 15 is 0 Å². The summed E-state index contributed by atoms with van der Waals surface area (Å²) in [4.78, 5) is 28.5. The van der Waals surface area contributed by atoms with Crippen molar-refractivity contribution in [3.63, 3.8) is 0 Å². The summed E-state index contributed by atoms with van der Waals surface area (Å²) >= 11 is 1.10. The van der Waals surface area contributed by atoms with E-state index in [4.69, 9.17) is 9.47 Å². The van der Waals surface area contributed by atoms with Gasteiger partial charge in [0.15, 0.2) is 0 Å². The molecule has 2 N–H and O–H groups in total. The summed E-state index contributed by atoms with van der Waals surface area (Å²) in [5.41, 5.74) is 2.29. The van der Waals surface area contributed by atoms with Gasteiger partial charge in [0.1, 0.15) is 18.3 Å². The molecule has 5 rings (SSSR count). The summed E-state index contributed by atoms with van der Waals surface area (Å²) in [6.45, 7) is 2.22. The fraction of sp³-hybridized carbons (Fsp3) is 0.500. The highest BCUT2D eigenvalue weighted by atomic mass is 32.1. The van der Waals surface area contributed by atoms with E-state index in [9.17, 15) is 10.1 Å². The van der Waals surface area contributed by atoms with Crippen LogP contribution in [-0.2, 0) is 4.74 Å². The van der Waals surface area contributed by atoms with E-state index in [2.05, 4.69) is 42.7 Å². The number of nitriles is 1. The Morgan fingerprint density at radius 3 is 2.91 bits per heavy atom. The van der Waals surface area contributed by atoms with Gasteiger partial charge in [0.2, 0.25) is 5.13 Å². The highest BCUT2D eigenvalue weighted by molar-refractivity contribution is 7.10. The first-order chi connectivity index (χ1) is 16.6. The standard InChI is InChI=1S/C22H26N8O3S/c1-29(18-15(9-23)10-25-19-17(18)3-4-24-19)16-7-13-11-30(12-14(13)8-16)22(31)27-21-26-20(28-34-21)33-6-5-32-2/h3-4,10,13-14,16H,5-8,11-12H2,1-2H3,(H,24,25)(H,26,27,28,31)/t13-,14+,16+. The first-order valence-electron chi connectivity index (χ1n) is 11.2. The summed E-state index contributed by atoms with van der Waals surface area (Å²) in [5, 5.41) is 13.9. The van der Waals surface area contributed by atoms with Crippen molar-refractivity contribution in [1.29, 1.82) is 5.26 Å². The number of ether oxygens (including phenoxy) is 2. The average molecular weight is 483 g/mol. The summed E-state index contributed by atoms with van der Waals surface area (Å²) in [7, 11) is 3.65. The molecule has 1 aliphatic heterocycles. The maximum Gasteiger partial charge on any atom is 0.330 e. The summed E-state index contributed by atoms with van der Waals surface area (Å²) in [5.74, 6) is 0.851. The number of H-pyrrole nitrogens is 1. The normalized spacial score (nSPS) is 21.4. The molecule has 1 saturated carbocycles. The SMILES string of the molecule is COCCOc1nsc(NC(=O)N2C[C@H]3C[C@H](N(C)c4c(C#N)cnc5[nH]ccc45)C[C@H]3C2)n1. The number of nitrogens with one attached hydrogen (secondary N) is 2. The predicted molar refractivity (Wildman–Crippen MR) is 127 cm³/mol. The van der Waals surface area contributed by atoms with Crippen molar-refractivity contribution in [1.82, 2.24) is 24.2 Å². The largest absolute Gasteiger partial charge is 0.460 e. The van der Waals surface area contributed by atoms with Crippen molar-refractivity contribution in [3.8, 4) is 12.1 Å². The monoisotopic (exact) mass is 482 g/mol. The van der Waals surface area contributed by atoms with Gasteiger partial charge in [0, 0.05) is 62.6 Å². The number of methoxy groups -OCH3 is 1. The number of hydrogen-bond donors (Lipinski definition) is 2. The molecule has 4 heterocycles. The number of hydrogen-bond acceptors (Lipinski definition) is 9. The smallest absolute Gasteiger partial charge is 0.330 e. The fourth-order valence-electron chi connectivity index (χ4n) is 5.09. The Morgan fingerprint density at radius 2 is 2.18 bits per heavy atom.